The molecule has 0 saturated carbocycles. The summed E-state index contributed by atoms with van der Waals surface area (Å²) in [6.45, 7) is 3.93. The molecule has 0 saturated heterocycles. The molecule has 0 unspecified atom stereocenters. The van der Waals surface area contributed by atoms with E-state index in [0.717, 1.165) is 13.1 Å². The largest absolute Gasteiger partial charge is 0.314 e. The molecule has 0 atom stereocenters. The van der Waals surface area contributed by atoms with Gasteiger partial charge in [-0.25, -0.2) is 0 Å². The van der Waals surface area contributed by atoms with E-state index in [0.29, 0.717) is 0 Å². The number of nitrogens with zero attached hydrogens (tertiary/aromatic N) is 2. The number of aryl methyl sites for hydroxylation is 1. The maximum atomic E-state index is 4.13. The van der Waals surface area contributed by atoms with Crippen LogP contribution in [0.2, 0.25) is 0 Å². The molecule has 12 heavy (non-hydrogen) atoms. The van der Waals surface area contributed by atoms with Crippen LogP contribution in [0.15, 0.2) is 12.3 Å². The van der Waals surface area contributed by atoms with Crippen LogP contribution in [0.25, 0.3) is 0 Å². The third-order valence-electron chi connectivity index (χ3n) is 1.46. The summed E-state index contributed by atoms with van der Waals surface area (Å²) in [5, 5.41) is 7.21. The summed E-state index contributed by atoms with van der Waals surface area (Å²) in [4.78, 5) is 0. The summed E-state index contributed by atoms with van der Waals surface area (Å²) in [5.74, 6) is 0. The molecule has 0 aliphatic rings. The Labute approximate surface area is 85.4 Å². The fraction of sp³-hybridized carbons (Fsp3) is 0.571. The van der Waals surface area contributed by atoms with Crippen LogP contribution in [-0.4, -0.2) is 16.8 Å². The van der Waals surface area contributed by atoms with Crippen LogP contribution in [-0.2, 0) is 13.1 Å². The van der Waals surface area contributed by atoms with Crippen molar-refractivity contribution in [1.82, 2.24) is 15.1 Å². The fourth-order valence-electron chi connectivity index (χ4n) is 0.976. The van der Waals surface area contributed by atoms with Gasteiger partial charge in [-0.05, 0) is 20.0 Å². The van der Waals surface area contributed by atoms with Crippen molar-refractivity contribution >= 4 is 24.8 Å². The number of aromatic nitrogens is 2. The summed E-state index contributed by atoms with van der Waals surface area (Å²) in [6.07, 6.45) is 1.83. The van der Waals surface area contributed by atoms with E-state index in [9.17, 15) is 0 Å². The third kappa shape index (κ3) is 3.43. The summed E-state index contributed by atoms with van der Waals surface area (Å²) in [6, 6.07) is 2.03. The standard InChI is InChI=1S/C7H13N3.2ClH/c1-3-10-7(6-8-2)4-5-9-10;;/h4-5,8H,3,6H2,1-2H3;2*1H. The van der Waals surface area contributed by atoms with Gasteiger partial charge in [-0.1, -0.05) is 0 Å². The maximum absolute atomic E-state index is 4.13. The highest BCUT2D eigenvalue weighted by molar-refractivity contribution is 5.85. The summed E-state index contributed by atoms with van der Waals surface area (Å²) < 4.78 is 1.98. The van der Waals surface area contributed by atoms with Gasteiger partial charge in [0.1, 0.15) is 0 Å². The highest BCUT2D eigenvalue weighted by Gasteiger charge is 1.96. The summed E-state index contributed by atoms with van der Waals surface area (Å²) >= 11 is 0. The highest BCUT2D eigenvalue weighted by atomic mass is 35.5. The van der Waals surface area contributed by atoms with Crippen LogP contribution in [0.1, 0.15) is 12.6 Å². The van der Waals surface area contributed by atoms with Crippen LogP contribution >= 0.6 is 24.8 Å². The van der Waals surface area contributed by atoms with Gasteiger partial charge in [-0.15, -0.1) is 24.8 Å². The number of hydrogen-bond donors (Lipinski definition) is 1. The van der Waals surface area contributed by atoms with Gasteiger partial charge in [-0.3, -0.25) is 4.68 Å². The Bertz CT molecular complexity index is 200. The lowest BCUT2D eigenvalue weighted by molar-refractivity contribution is 0.603. The molecule has 0 bridgehead atoms. The molecule has 1 heterocycles. The quantitative estimate of drug-likeness (QED) is 0.822. The second kappa shape index (κ2) is 7.40. The van der Waals surface area contributed by atoms with Gasteiger partial charge in [0.2, 0.25) is 0 Å². The minimum atomic E-state index is 0. The van der Waals surface area contributed by atoms with Crippen molar-refractivity contribution in [3.8, 4) is 0 Å². The number of nitrogens with one attached hydrogen (secondary N) is 1. The highest BCUT2D eigenvalue weighted by Crippen LogP contribution is 1.96. The van der Waals surface area contributed by atoms with Crippen molar-refractivity contribution in [3.05, 3.63) is 18.0 Å². The molecule has 0 aromatic carbocycles. The lowest BCUT2D eigenvalue weighted by Gasteiger charge is -2.01. The first kappa shape index (κ1) is 14.3. The minimum Gasteiger partial charge on any atom is -0.314 e. The van der Waals surface area contributed by atoms with Crippen molar-refractivity contribution in [2.24, 2.45) is 0 Å². The van der Waals surface area contributed by atoms with E-state index < -0.39 is 0 Å². The predicted molar refractivity (Wildman–Crippen MR) is 55.2 cm³/mol. The van der Waals surface area contributed by atoms with Gasteiger partial charge in [0.05, 0.1) is 5.69 Å². The van der Waals surface area contributed by atoms with Gasteiger partial charge >= 0.3 is 0 Å². The minimum absolute atomic E-state index is 0. The SMILES string of the molecule is CCn1nccc1CNC.Cl.Cl. The molecule has 1 N–H and O–H groups in total. The second-order valence-corrected chi connectivity index (χ2v) is 2.17. The first-order valence-corrected chi connectivity index (χ1v) is 3.53. The van der Waals surface area contributed by atoms with Gasteiger partial charge in [0.15, 0.2) is 0 Å². The maximum Gasteiger partial charge on any atom is 0.0521 e. The molecule has 0 radical (unpaired) electrons. The van der Waals surface area contributed by atoms with Gasteiger partial charge in [0.25, 0.3) is 0 Å². The molecule has 1 aromatic rings. The number of hydrogen-bond acceptors (Lipinski definition) is 2. The molecule has 1 aromatic heterocycles. The predicted octanol–water partition coefficient (Wildman–Crippen LogP) is 1.47. The van der Waals surface area contributed by atoms with Crippen LogP contribution in [0.3, 0.4) is 0 Å². The smallest absolute Gasteiger partial charge is 0.0521 e. The molecule has 0 spiro atoms. The van der Waals surface area contributed by atoms with E-state index >= 15 is 0 Å². The zero-order valence-electron chi connectivity index (χ0n) is 7.28. The van der Waals surface area contributed by atoms with Crippen molar-refractivity contribution in [2.75, 3.05) is 7.05 Å². The normalized spacial score (nSPS) is 8.50. The topological polar surface area (TPSA) is 29.9 Å². The molecular formula is C7H15Cl2N3. The molecule has 0 aliphatic heterocycles. The molecule has 3 nitrogen and oxygen atoms in total. The van der Waals surface area contributed by atoms with Crippen molar-refractivity contribution in [3.63, 3.8) is 0 Å². The zero-order chi connectivity index (χ0) is 7.40. The van der Waals surface area contributed by atoms with E-state index in [2.05, 4.69) is 17.3 Å². The number of halogens is 2. The zero-order valence-corrected chi connectivity index (χ0v) is 8.91. The van der Waals surface area contributed by atoms with E-state index in [1.165, 1.54) is 5.69 Å². The van der Waals surface area contributed by atoms with E-state index in [4.69, 9.17) is 0 Å². The number of rotatable bonds is 3. The van der Waals surface area contributed by atoms with E-state index in [1.54, 1.807) is 0 Å². The lowest BCUT2D eigenvalue weighted by Crippen LogP contribution is -2.11. The Balaban J connectivity index is 0. The van der Waals surface area contributed by atoms with Gasteiger partial charge in [-0.2, -0.15) is 5.10 Å². The van der Waals surface area contributed by atoms with Gasteiger partial charge < -0.3 is 5.32 Å². The van der Waals surface area contributed by atoms with Crippen LogP contribution < -0.4 is 5.32 Å². The first-order chi connectivity index (χ1) is 4.88. The van der Waals surface area contributed by atoms with Gasteiger partial charge in [0, 0.05) is 19.3 Å². The van der Waals surface area contributed by atoms with Crippen molar-refractivity contribution in [1.29, 1.82) is 0 Å². The van der Waals surface area contributed by atoms with Crippen LogP contribution in [0.5, 0.6) is 0 Å². The molecule has 0 amide bonds. The Morgan fingerprint density at radius 1 is 1.50 bits per heavy atom. The summed E-state index contributed by atoms with van der Waals surface area (Å²) in [7, 11) is 1.94. The van der Waals surface area contributed by atoms with Crippen LogP contribution in [0.4, 0.5) is 0 Å². The fourth-order valence-corrected chi connectivity index (χ4v) is 0.976. The van der Waals surface area contributed by atoms with E-state index in [1.807, 2.05) is 24.0 Å². The molecular weight excluding hydrogens is 197 g/mol. The average molecular weight is 212 g/mol. The molecule has 1 rings (SSSR count). The molecule has 0 fully saturated rings. The Hall–Kier alpha value is -0.250. The monoisotopic (exact) mass is 211 g/mol. The summed E-state index contributed by atoms with van der Waals surface area (Å²) in [5.41, 5.74) is 1.24. The lowest BCUT2D eigenvalue weighted by atomic mass is 10.4. The Morgan fingerprint density at radius 3 is 2.67 bits per heavy atom. The Morgan fingerprint density at radius 2 is 2.17 bits per heavy atom. The molecule has 0 aliphatic carbocycles. The first-order valence-electron chi connectivity index (χ1n) is 3.53. The van der Waals surface area contributed by atoms with Crippen LogP contribution in [0, 0.1) is 0 Å². The van der Waals surface area contributed by atoms with Crippen molar-refractivity contribution < 1.29 is 0 Å². The van der Waals surface area contributed by atoms with E-state index in [-0.39, 0.29) is 24.8 Å². The average Bonchev–Trinajstić information content (AvgIpc) is 2.36. The second-order valence-electron chi connectivity index (χ2n) is 2.17. The third-order valence-corrected chi connectivity index (χ3v) is 1.46. The van der Waals surface area contributed by atoms with Crippen molar-refractivity contribution in [2.45, 2.75) is 20.0 Å². The molecule has 72 valence electrons. The molecule has 5 heteroatoms. The Kier molecular flexibility index (Phi) is 8.81.